The van der Waals surface area contributed by atoms with Crippen LogP contribution in [-0.2, 0) is 99.5 Å². The van der Waals surface area contributed by atoms with Crippen LogP contribution in [-0.4, -0.2) is 492 Å². The quantitative estimate of drug-likeness (QED) is 0.0331. The van der Waals surface area contributed by atoms with Crippen molar-refractivity contribution >= 4 is 0 Å². The van der Waals surface area contributed by atoms with Crippen molar-refractivity contribution in [3.8, 4) is 0 Å². The van der Waals surface area contributed by atoms with Crippen LogP contribution in [0.25, 0.3) is 0 Å². The van der Waals surface area contributed by atoms with Gasteiger partial charge >= 0.3 is 0 Å². The summed E-state index contributed by atoms with van der Waals surface area (Å²) >= 11 is 0. The zero-order chi connectivity index (χ0) is 76.2. The Morgan fingerprint density at radius 3 is 0.798 bits per heavy atom. The highest BCUT2D eigenvalue weighted by Crippen LogP contribution is 2.41. The van der Waals surface area contributed by atoms with Crippen LogP contribution < -0.4 is 0 Å². The first-order valence-electron chi connectivity index (χ1n) is 33.2. The van der Waals surface area contributed by atoms with Crippen LogP contribution in [0.4, 0.5) is 0 Å². The smallest absolute Gasteiger partial charge is 0.187 e. The summed E-state index contributed by atoms with van der Waals surface area (Å²) in [5.74, 6) is 0. The Labute approximate surface area is 590 Å². The van der Waals surface area contributed by atoms with E-state index >= 15 is 0 Å². The molecule has 25 N–H and O–H groups in total. The van der Waals surface area contributed by atoms with Crippen molar-refractivity contribution in [1.29, 1.82) is 0 Å². The number of aliphatic hydroxyl groups is 25. The van der Waals surface area contributed by atoms with Gasteiger partial charge in [-0.1, -0.05) is 0 Å². The van der Waals surface area contributed by atoms with Crippen molar-refractivity contribution < 1.29 is 227 Å². The SMILES string of the molecule is COC[C@H]1O[C@H](O[C@H]2[C@H](O)[C@@H](O)[C@@H](O[C@H]3[C@H](O)[C@@H](O)[C@@H](O[C@H]4[C@H](O[C@H]5O[C@H](CO)[C@@H](O)[C@H](O)[C@H]5O)[C@@H](O)[C@@H](O[C@H]5[C@H](O)[C@@H](O)[C@H](O[C@@H]6[C@@H](O)[C@@H](OC[C@H]7OC(O)[C@H](O)[C@@H](O)[C@@H]7O)O[C@H](CO)[C@H]6O[C@@H]6O[C@H](CO)[C@@H](O)[C@H](O)[C@H]6O)O[C@@H]5CO)O[C@@H]4COC)O[C@@H]3COC)O[C@@H]2COC)[C@H](O)[C@@H](O)[C@@H]1O. The number of hydrogen-bond donors (Lipinski definition) is 25. The van der Waals surface area contributed by atoms with Crippen LogP contribution in [0, 0.1) is 0 Å². The molecule has 0 amide bonds. The molecule has 1 unspecified atom stereocenters. The second-order valence-corrected chi connectivity index (χ2v) is 26.3. The van der Waals surface area contributed by atoms with Gasteiger partial charge in [0, 0.05) is 28.4 Å². The molecule has 45 atom stereocenters. The fraction of sp³-hybridized carbons (Fsp3) is 1.00. The molecular weight excluding hydrogens is 1430 g/mol. The summed E-state index contributed by atoms with van der Waals surface area (Å²) in [5, 5.41) is 275. The minimum Gasteiger partial charge on any atom is -0.394 e. The van der Waals surface area contributed by atoms with Gasteiger partial charge in [-0.15, -0.1) is 0 Å². The fourth-order valence-corrected chi connectivity index (χ4v) is 13.5. The molecule has 0 bridgehead atoms. The lowest BCUT2D eigenvalue weighted by Gasteiger charge is -2.51. The largest absolute Gasteiger partial charge is 0.394 e. The van der Waals surface area contributed by atoms with Crippen molar-refractivity contribution in [2.24, 2.45) is 0 Å². The topological polar surface area (TPSA) is 700 Å². The average molecular weight is 1530 g/mol. The molecule has 46 nitrogen and oxygen atoms in total. The van der Waals surface area contributed by atoms with E-state index in [-0.39, 0.29) is 6.61 Å². The lowest BCUT2D eigenvalue weighted by atomic mass is 9.94. The number of methoxy groups -OCH3 is 4. The minimum absolute atomic E-state index is 0.279. The third-order valence-corrected chi connectivity index (χ3v) is 19.4. The van der Waals surface area contributed by atoms with Gasteiger partial charge in [0.1, 0.15) is 220 Å². The molecule has 9 fully saturated rings. The molecule has 0 aromatic heterocycles. The predicted molar refractivity (Wildman–Crippen MR) is 316 cm³/mol. The van der Waals surface area contributed by atoms with Gasteiger partial charge in [0.25, 0.3) is 0 Å². The molecule has 0 aromatic rings. The van der Waals surface area contributed by atoms with E-state index in [1.165, 1.54) is 21.3 Å². The second-order valence-electron chi connectivity index (χ2n) is 26.3. The summed E-state index contributed by atoms with van der Waals surface area (Å²) in [7, 11) is 4.81. The van der Waals surface area contributed by atoms with E-state index in [1.807, 2.05) is 0 Å². The van der Waals surface area contributed by atoms with Crippen LogP contribution in [0.3, 0.4) is 0 Å². The van der Waals surface area contributed by atoms with Gasteiger partial charge in [-0.3, -0.25) is 0 Å². The maximum absolute atomic E-state index is 12.5. The molecule has 0 saturated carbocycles. The minimum atomic E-state index is -2.43. The fourth-order valence-electron chi connectivity index (χ4n) is 13.5. The Morgan fingerprint density at radius 2 is 0.423 bits per heavy atom. The van der Waals surface area contributed by atoms with Gasteiger partial charge in [-0.2, -0.15) is 0 Å². The summed E-state index contributed by atoms with van der Waals surface area (Å²) in [6.45, 7) is -7.04. The highest BCUT2D eigenvalue weighted by molar-refractivity contribution is 5.03. The van der Waals surface area contributed by atoms with E-state index in [4.69, 9.17) is 99.5 Å². The van der Waals surface area contributed by atoms with Gasteiger partial charge in [0.15, 0.2) is 56.6 Å². The average Bonchev–Trinajstić information content (AvgIpc) is 0.765. The molecule has 9 heterocycles. The maximum Gasteiger partial charge on any atom is 0.187 e. The highest BCUT2D eigenvalue weighted by atomic mass is 16.8. The first-order valence-corrected chi connectivity index (χ1v) is 33.2. The lowest BCUT2D eigenvalue weighted by molar-refractivity contribution is -0.411. The number of aliphatic hydroxyl groups excluding tert-OH is 25. The Balaban J connectivity index is 0.949. The molecular formula is C58H100O46. The lowest BCUT2D eigenvalue weighted by Crippen LogP contribution is -2.69. The van der Waals surface area contributed by atoms with Gasteiger partial charge in [-0.25, -0.2) is 0 Å². The molecule has 9 aliphatic rings. The Morgan fingerprint density at radius 1 is 0.192 bits per heavy atom. The highest BCUT2D eigenvalue weighted by Gasteiger charge is 2.61. The zero-order valence-corrected chi connectivity index (χ0v) is 56.1. The van der Waals surface area contributed by atoms with Crippen molar-refractivity contribution in [3.63, 3.8) is 0 Å². The van der Waals surface area contributed by atoms with Crippen molar-refractivity contribution in [1.82, 2.24) is 0 Å². The molecule has 9 saturated heterocycles. The van der Waals surface area contributed by atoms with Crippen LogP contribution >= 0.6 is 0 Å². The molecule has 104 heavy (non-hydrogen) atoms. The van der Waals surface area contributed by atoms with Crippen LogP contribution in [0.15, 0.2) is 0 Å². The number of rotatable bonds is 29. The van der Waals surface area contributed by atoms with E-state index in [0.29, 0.717) is 0 Å². The van der Waals surface area contributed by atoms with Gasteiger partial charge in [-0.05, 0) is 0 Å². The van der Waals surface area contributed by atoms with E-state index in [0.717, 1.165) is 7.11 Å². The normalized spacial score (nSPS) is 52.1. The van der Waals surface area contributed by atoms with Gasteiger partial charge in [0.05, 0.1) is 59.5 Å². The van der Waals surface area contributed by atoms with Gasteiger partial charge < -0.3 is 227 Å². The van der Waals surface area contributed by atoms with Crippen molar-refractivity contribution in [3.05, 3.63) is 0 Å². The summed E-state index contributed by atoms with van der Waals surface area (Å²) in [4.78, 5) is 0. The molecule has 0 aliphatic carbocycles. The Kier molecular flexibility index (Phi) is 31.6. The van der Waals surface area contributed by atoms with Crippen molar-refractivity contribution in [2.45, 2.75) is 276 Å². The molecule has 0 spiro atoms. The second kappa shape index (κ2) is 38.1. The number of hydrogen-bond acceptors (Lipinski definition) is 46. The molecule has 9 aliphatic heterocycles. The maximum atomic E-state index is 12.5. The summed E-state index contributed by atoms with van der Waals surface area (Å²) in [6.07, 6.45) is -88.9. The predicted octanol–water partition coefficient (Wildman–Crippen LogP) is -18.0. The molecule has 608 valence electrons. The standard InChI is InChI=1S/C58H100O46/c1-84-9-18-25(65)30(70)37(77)54(94-18)99-44-20(10-85-2)95-56(39(79)32(44)72)100-45-21(11-86-3)96-57(40(80)33(45)73)102-47-22(12-87-4)97-58(42(82)49(47)104-53-36(76)29(69)24(64)15(6-60)91-53)98-43-16(7-61)93-55(38(78)31(43)71)103-48-41(81)51(88-13-19-26(66)27(67)34(74)50(83)89-19)92-17(8-62)46(48)101-52-35(75)28(68)23(63)14(5-59)90-52/h14-83H,5-13H2,1-4H3/t14-,15-,16-,17-,18-,19-,20-,21-,22-,23-,24-,25-,26-,27+,28+,29+,30+,31-,32-,33-,34-,35-,36-,37-,38-,39-,40-,41-,42-,43-,44-,45-,46-,47-,48-,49-,50?,51+,52+,53-,54-,55+,56-,57-,58-/m1/s1. The zero-order valence-electron chi connectivity index (χ0n) is 56.1. The van der Waals surface area contributed by atoms with Crippen LogP contribution in [0.1, 0.15) is 0 Å². The summed E-state index contributed by atoms with van der Waals surface area (Å²) in [6, 6.07) is 0. The molecule has 46 heteroatoms. The van der Waals surface area contributed by atoms with Gasteiger partial charge in [0.2, 0.25) is 0 Å². The Hall–Kier alpha value is -1.84. The molecule has 0 radical (unpaired) electrons. The van der Waals surface area contributed by atoms with Crippen LogP contribution in [0.5, 0.6) is 0 Å². The summed E-state index contributed by atoms with van der Waals surface area (Å²) < 4.78 is 121. The van der Waals surface area contributed by atoms with Crippen molar-refractivity contribution in [2.75, 3.05) is 87.9 Å². The van der Waals surface area contributed by atoms with E-state index in [9.17, 15) is 128 Å². The monoisotopic (exact) mass is 1530 g/mol. The first-order chi connectivity index (χ1) is 49.4. The third-order valence-electron chi connectivity index (χ3n) is 19.4. The van der Waals surface area contributed by atoms with E-state index < -0.39 is 329 Å². The third kappa shape index (κ3) is 18.4. The van der Waals surface area contributed by atoms with E-state index in [1.54, 1.807) is 0 Å². The Bertz CT molecular complexity index is 2530. The van der Waals surface area contributed by atoms with Crippen LogP contribution in [0.2, 0.25) is 0 Å². The summed E-state index contributed by atoms with van der Waals surface area (Å²) in [5.41, 5.74) is 0. The number of ether oxygens (including phenoxy) is 21. The van der Waals surface area contributed by atoms with E-state index in [2.05, 4.69) is 0 Å². The first kappa shape index (κ1) is 86.1. The molecule has 9 rings (SSSR count). The molecule has 0 aromatic carbocycles.